The molecule has 5 nitrogen and oxygen atoms in total. The standard InChI is InChI=1S/C28H28N2O3/c1-4-29(23-13-9-6-10-14-23)26-25(22-11-7-5-8-12-22)27(31)30(28(26)32)15-16-33-24-18-20(2)17-21(3)19-24/h5-14,17-19H,4,15-16H2,1-3H3. The van der Waals surface area contributed by atoms with Crippen LogP contribution in [-0.4, -0.2) is 36.4 Å². The maximum absolute atomic E-state index is 13.6. The summed E-state index contributed by atoms with van der Waals surface area (Å²) in [4.78, 5) is 30.3. The molecule has 0 unspecified atom stereocenters. The molecule has 1 aliphatic heterocycles. The first kappa shape index (κ1) is 22.3. The van der Waals surface area contributed by atoms with Crippen LogP contribution in [-0.2, 0) is 9.59 Å². The molecule has 0 spiro atoms. The second-order valence-corrected chi connectivity index (χ2v) is 8.10. The number of carbonyl (C=O) groups excluding carboxylic acids is 2. The summed E-state index contributed by atoms with van der Waals surface area (Å²) in [5.41, 5.74) is 4.66. The average Bonchev–Trinajstić information content (AvgIpc) is 3.05. The molecular formula is C28H28N2O3. The van der Waals surface area contributed by atoms with Crippen LogP contribution in [0.5, 0.6) is 5.75 Å². The summed E-state index contributed by atoms with van der Waals surface area (Å²) in [6, 6.07) is 25.1. The van der Waals surface area contributed by atoms with Crippen LogP contribution in [0.3, 0.4) is 0 Å². The Hall–Kier alpha value is -3.86. The minimum Gasteiger partial charge on any atom is -0.492 e. The molecule has 33 heavy (non-hydrogen) atoms. The highest BCUT2D eigenvalue weighted by atomic mass is 16.5. The fourth-order valence-electron chi connectivity index (χ4n) is 4.23. The van der Waals surface area contributed by atoms with Gasteiger partial charge in [-0.25, -0.2) is 0 Å². The average molecular weight is 441 g/mol. The summed E-state index contributed by atoms with van der Waals surface area (Å²) < 4.78 is 5.90. The number of hydrogen-bond acceptors (Lipinski definition) is 4. The summed E-state index contributed by atoms with van der Waals surface area (Å²) in [5, 5.41) is 0. The Morgan fingerprint density at radius 2 is 1.42 bits per heavy atom. The largest absolute Gasteiger partial charge is 0.492 e. The Labute approximate surface area is 194 Å². The van der Waals surface area contributed by atoms with E-state index in [-0.39, 0.29) is 25.0 Å². The molecule has 3 aromatic carbocycles. The van der Waals surface area contributed by atoms with Crippen molar-refractivity contribution >= 4 is 23.1 Å². The van der Waals surface area contributed by atoms with E-state index in [0.29, 0.717) is 17.8 Å². The van der Waals surface area contributed by atoms with Crippen LogP contribution in [0.4, 0.5) is 5.69 Å². The highest BCUT2D eigenvalue weighted by Crippen LogP contribution is 2.34. The third-order valence-electron chi connectivity index (χ3n) is 5.64. The molecular weight excluding hydrogens is 412 g/mol. The van der Waals surface area contributed by atoms with Crippen LogP contribution in [0.1, 0.15) is 23.6 Å². The van der Waals surface area contributed by atoms with Crippen molar-refractivity contribution in [1.82, 2.24) is 4.90 Å². The maximum Gasteiger partial charge on any atom is 0.278 e. The van der Waals surface area contributed by atoms with E-state index in [1.165, 1.54) is 4.90 Å². The highest BCUT2D eigenvalue weighted by Gasteiger charge is 2.41. The zero-order chi connectivity index (χ0) is 23.4. The lowest BCUT2D eigenvalue weighted by atomic mass is 10.0. The first-order chi connectivity index (χ1) is 16.0. The van der Waals surface area contributed by atoms with Crippen LogP contribution >= 0.6 is 0 Å². The Balaban J connectivity index is 1.63. The van der Waals surface area contributed by atoms with E-state index in [4.69, 9.17) is 4.74 Å². The molecule has 0 atom stereocenters. The molecule has 2 amide bonds. The fraction of sp³-hybridized carbons (Fsp3) is 0.214. The molecule has 0 aromatic heterocycles. The first-order valence-corrected chi connectivity index (χ1v) is 11.2. The molecule has 3 aromatic rings. The number of carbonyl (C=O) groups is 2. The number of likely N-dealkylation sites (N-methyl/N-ethyl adjacent to an activating group) is 1. The van der Waals surface area contributed by atoms with E-state index in [1.807, 2.05) is 98.5 Å². The minimum absolute atomic E-state index is 0.177. The van der Waals surface area contributed by atoms with Crippen molar-refractivity contribution in [1.29, 1.82) is 0 Å². The van der Waals surface area contributed by atoms with E-state index in [0.717, 1.165) is 28.1 Å². The normalized spacial score (nSPS) is 13.6. The zero-order valence-electron chi connectivity index (χ0n) is 19.2. The molecule has 0 radical (unpaired) electrons. The smallest absolute Gasteiger partial charge is 0.278 e. The van der Waals surface area contributed by atoms with Gasteiger partial charge in [-0.1, -0.05) is 54.6 Å². The predicted molar refractivity (Wildman–Crippen MR) is 131 cm³/mol. The predicted octanol–water partition coefficient (Wildman–Crippen LogP) is 4.99. The SMILES string of the molecule is CCN(C1=C(c2ccccc2)C(=O)N(CCOc2cc(C)cc(C)c2)C1=O)c1ccccc1. The summed E-state index contributed by atoms with van der Waals surface area (Å²) in [6.45, 7) is 6.97. The van der Waals surface area contributed by atoms with Crippen LogP contribution in [0.25, 0.3) is 5.57 Å². The first-order valence-electron chi connectivity index (χ1n) is 11.2. The van der Waals surface area contributed by atoms with Gasteiger partial charge in [0.1, 0.15) is 18.1 Å². The second kappa shape index (κ2) is 9.74. The molecule has 0 saturated carbocycles. The van der Waals surface area contributed by atoms with E-state index >= 15 is 0 Å². The third-order valence-corrected chi connectivity index (χ3v) is 5.64. The molecule has 4 rings (SSSR count). The van der Waals surface area contributed by atoms with Crippen LogP contribution < -0.4 is 9.64 Å². The van der Waals surface area contributed by atoms with Crippen molar-refractivity contribution in [3.8, 4) is 5.75 Å². The van der Waals surface area contributed by atoms with Crippen LogP contribution in [0, 0.1) is 13.8 Å². The van der Waals surface area contributed by atoms with Crippen molar-refractivity contribution in [3.63, 3.8) is 0 Å². The molecule has 1 aliphatic rings. The van der Waals surface area contributed by atoms with Gasteiger partial charge in [0.25, 0.3) is 11.8 Å². The lowest BCUT2D eigenvalue weighted by molar-refractivity contribution is -0.137. The number of rotatable bonds is 8. The number of benzene rings is 3. The van der Waals surface area contributed by atoms with E-state index in [2.05, 4.69) is 6.07 Å². The van der Waals surface area contributed by atoms with E-state index < -0.39 is 0 Å². The van der Waals surface area contributed by atoms with Crippen molar-refractivity contribution in [3.05, 3.63) is 101 Å². The van der Waals surface area contributed by atoms with Gasteiger partial charge < -0.3 is 9.64 Å². The molecule has 168 valence electrons. The maximum atomic E-state index is 13.6. The van der Waals surface area contributed by atoms with Gasteiger partial charge in [0, 0.05) is 12.2 Å². The number of aryl methyl sites for hydroxylation is 2. The quantitative estimate of drug-likeness (QED) is 0.463. The van der Waals surface area contributed by atoms with Crippen molar-refractivity contribution < 1.29 is 14.3 Å². The third kappa shape index (κ3) is 4.67. The number of amides is 2. The Bertz CT molecular complexity index is 1170. The van der Waals surface area contributed by atoms with Gasteiger partial charge in [-0.05, 0) is 61.7 Å². The molecule has 0 bridgehead atoms. The number of imide groups is 1. The van der Waals surface area contributed by atoms with Gasteiger partial charge in [0.15, 0.2) is 0 Å². The number of hydrogen-bond donors (Lipinski definition) is 0. The lowest BCUT2D eigenvalue weighted by Gasteiger charge is -2.25. The summed E-state index contributed by atoms with van der Waals surface area (Å²) >= 11 is 0. The summed E-state index contributed by atoms with van der Waals surface area (Å²) in [7, 11) is 0. The number of para-hydroxylation sites is 1. The second-order valence-electron chi connectivity index (χ2n) is 8.10. The van der Waals surface area contributed by atoms with Crippen molar-refractivity contribution in [2.75, 3.05) is 24.6 Å². The van der Waals surface area contributed by atoms with Crippen LogP contribution in [0.2, 0.25) is 0 Å². The van der Waals surface area contributed by atoms with Crippen molar-refractivity contribution in [2.24, 2.45) is 0 Å². The van der Waals surface area contributed by atoms with Gasteiger partial charge in [-0.3, -0.25) is 14.5 Å². The Morgan fingerprint density at radius 3 is 2.03 bits per heavy atom. The highest BCUT2D eigenvalue weighted by molar-refractivity contribution is 6.36. The molecule has 0 N–H and O–H groups in total. The number of ether oxygens (including phenoxy) is 1. The number of nitrogens with zero attached hydrogens (tertiary/aromatic N) is 2. The lowest BCUT2D eigenvalue weighted by Crippen LogP contribution is -2.37. The van der Waals surface area contributed by atoms with Gasteiger partial charge in [0.05, 0.1) is 12.1 Å². The Kier molecular flexibility index (Phi) is 6.59. The van der Waals surface area contributed by atoms with Crippen LogP contribution in [0.15, 0.2) is 84.6 Å². The van der Waals surface area contributed by atoms with Gasteiger partial charge in [-0.2, -0.15) is 0 Å². The summed E-state index contributed by atoms with van der Waals surface area (Å²) in [5.74, 6) is 0.149. The van der Waals surface area contributed by atoms with Gasteiger partial charge in [0.2, 0.25) is 0 Å². The zero-order valence-corrected chi connectivity index (χ0v) is 19.2. The van der Waals surface area contributed by atoms with E-state index in [9.17, 15) is 9.59 Å². The molecule has 0 aliphatic carbocycles. The molecule has 0 saturated heterocycles. The Morgan fingerprint density at radius 1 is 0.818 bits per heavy atom. The fourth-order valence-corrected chi connectivity index (χ4v) is 4.23. The van der Waals surface area contributed by atoms with E-state index in [1.54, 1.807) is 0 Å². The number of anilines is 1. The van der Waals surface area contributed by atoms with Gasteiger partial charge >= 0.3 is 0 Å². The minimum atomic E-state index is -0.298. The molecule has 0 fully saturated rings. The molecule has 1 heterocycles. The van der Waals surface area contributed by atoms with Gasteiger partial charge in [-0.15, -0.1) is 0 Å². The topological polar surface area (TPSA) is 49.9 Å². The summed E-state index contributed by atoms with van der Waals surface area (Å²) in [6.07, 6.45) is 0. The molecule has 5 heteroatoms. The van der Waals surface area contributed by atoms with Crippen molar-refractivity contribution in [2.45, 2.75) is 20.8 Å². The monoisotopic (exact) mass is 440 g/mol.